The van der Waals surface area contributed by atoms with Gasteiger partial charge in [-0.3, -0.25) is 0 Å². The fourth-order valence-electron chi connectivity index (χ4n) is 5.89. The van der Waals surface area contributed by atoms with Crippen LogP contribution in [0.15, 0.2) is 47.6 Å². The average molecular weight is 435 g/mol. The van der Waals surface area contributed by atoms with Crippen LogP contribution in [0.4, 0.5) is 17.6 Å². The lowest BCUT2D eigenvalue weighted by molar-refractivity contribution is -0.164. The van der Waals surface area contributed by atoms with Gasteiger partial charge in [-0.25, -0.2) is 0 Å². The van der Waals surface area contributed by atoms with E-state index in [1.165, 1.54) is 69.4 Å². The fourth-order valence-corrected chi connectivity index (χ4v) is 5.89. The summed E-state index contributed by atoms with van der Waals surface area (Å²) in [5.41, 5.74) is 1.20. The Morgan fingerprint density at radius 1 is 0.710 bits per heavy atom. The van der Waals surface area contributed by atoms with Crippen molar-refractivity contribution in [1.29, 1.82) is 0 Å². The lowest BCUT2D eigenvalue weighted by Gasteiger charge is -2.36. The summed E-state index contributed by atoms with van der Waals surface area (Å²) in [6, 6.07) is 8.21. The Kier molecular flexibility index (Phi) is 6.65. The molecule has 0 nitrogen and oxygen atoms in total. The molecule has 4 heteroatoms. The SMILES string of the molecule is CC1=CC=C(CCc2ccc(C3CCC(C4CCCCC4)CC3)cc2)C(F)(F)C1(F)F. The molecule has 4 rings (SSSR count). The van der Waals surface area contributed by atoms with Gasteiger partial charge in [0, 0.05) is 11.1 Å². The molecular weight excluding hydrogens is 400 g/mol. The molecule has 0 atom stereocenters. The monoisotopic (exact) mass is 434 g/mol. The predicted molar refractivity (Wildman–Crippen MR) is 118 cm³/mol. The van der Waals surface area contributed by atoms with Crippen LogP contribution in [0.1, 0.15) is 88.2 Å². The summed E-state index contributed by atoms with van der Waals surface area (Å²) in [6.07, 6.45) is 14.8. The fraction of sp³-hybridized carbons (Fsp3) is 0.630. The number of hydrogen-bond acceptors (Lipinski definition) is 0. The molecule has 0 unspecified atom stereocenters. The average Bonchev–Trinajstić information content (AvgIpc) is 2.79. The van der Waals surface area contributed by atoms with E-state index in [9.17, 15) is 17.6 Å². The van der Waals surface area contributed by atoms with Crippen molar-refractivity contribution in [1.82, 2.24) is 0 Å². The van der Waals surface area contributed by atoms with Gasteiger partial charge in [0.25, 0.3) is 0 Å². The highest BCUT2D eigenvalue weighted by atomic mass is 19.3. The predicted octanol–water partition coefficient (Wildman–Crippen LogP) is 8.63. The lowest BCUT2D eigenvalue weighted by Crippen LogP contribution is -2.44. The van der Waals surface area contributed by atoms with Crippen LogP contribution in [0.25, 0.3) is 0 Å². The third kappa shape index (κ3) is 4.64. The molecule has 0 aromatic heterocycles. The summed E-state index contributed by atoms with van der Waals surface area (Å²) in [4.78, 5) is 0. The van der Waals surface area contributed by atoms with Gasteiger partial charge in [-0.2, -0.15) is 17.6 Å². The van der Waals surface area contributed by atoms with Crippen molar-refractivity contribution in [2.75, 3.05) is 0 Å². The van der Waals surface area contributed by atoms with Crippen molar-refractivity contribution in [3.63, 3.8) is 0 Å². The first kappa shape index (κ1) is 22.6. The normalized spacial score (nSPS) is 28.7. The Balaban J connectivity index is 1.31. The Labute approximate surface area is 183 Å². The van der Waals surface area contributed by atoms with Crippen LogP contribution in [0.2, 0.25) is 0 Å². The van der Waals surface area contributed by atoms with Gasteiger partial charge in [-0.1, -0.05) is 68.5 Å². The lowest BCUT2D eigenvalue weighted by atomic mass is 9.70. The van der Waals surface area contributed by atoms with E-state index in [1.54, 1.807) is 0 Å². The Hall–Kier alpha value is -1.58. The number of aryl methyl sites for hydroxylation is 1. The van der Waals surface area contributed by atoms with Crippen LogP contribution < -0.4 is 0 Å². The minimum Gasteiger partial charge on any atom is -0.194 e. The Morgan fingerprint density at radius 2 is 1.32 bits per heavy atom. The van der Waals surface area contributed by atoms with Gasteiger partial charge in [0.15, 0.2) is 0 Å². The largest absolute Gasteiger partial charge is 0.335 e. The molecule has 2 fully saturated rings. The van der Waals surface area contributed by atoms with Gasteiger partial charge < -0.3 is 0 Å². The van der Waals surface area contributed by atoms with E-state index in [1.807, 2.05) is 12.1 Å². The van der Waals surface area contributed by atoms with Crippen molar-refractivity contribution in [3.05, 3.63) is 58.7 Å². The summed E-state index contributed by atoms with van der Waals surface area (Å²) in [7, 11) is 0. The highest BCUT2D eigenvalue weighted by Crippen LogP contribution is 2.48. The summed E-state index contributed by atoms with van der Waals surface area (Å²) in [6.45, 7) is 1.06. The number of rotatable bonds is 5. The number of alkyl halides is 4. The van der Waals surface area contributed by atoms with Gasteiger partial charge in [0.2, 0.25) is 0 Å². The third-order valence-corrected chi connectivity index (χ3v) is 8.05. The van der Waals surface area contributed by atoms with Crippen LogP contribution in [-0.2, 0) is 6.42 Å². The van der Waals surface area contributed by atoms with Crippen molar-refractivity contribution >= 4 is 0 Å². The third-order valence-electron chi connectivity index (χ3n) is 8.05. The van der Waals surface area contributed by atoms with Crippen molar-refractivity contribution < 1.29 is 17.6 Å². The van der Waals surface area contributed by atoms with Gasteiger partial charge >= 0.3 is 11.8 Å². The summed E-state index contributed by atoms with van der Waals surface area (Å²) >= 11 is 0. The highest BCUT2D eigenvalue weighted by molar-refractivity contribution is 5.37. The first-order valence-electron chi connectivity index (χ1n) is 12.0. The Bertz CT molecular complexity index is 804. The minimum absolute atomic E-state index is 0.0573. The smallest absolute Gasteiger partial charge is 0.194 e. The zero-order chi connectivity index (χ0) is 22.1. The topological polar surface area (TPSA) is 0 Å². The van der Waals surface area contributed by atoms with Gasteiger partial charge in [-0.15, -0.1) is 0 Å². The zero-order valence-electron chi connectivity index (χ0n) is 18.5. The second-order valence-corrected chi connectivity index (χ2v) is 9.94. The first-order chi connectivity index (χ1) is 14.8. The molecule has 31 heavy (non-hydrogen) atoms. The molecule has 0 bridgehead atoms. The summed E-state index contributed by atoms with van der Waals surface area (Å²) in [5.74, 6) is -5.78. The molecular formula is C27H34F4. The highest BCUT2D eigenvalue weighted by Gasteiger charge is 2.60. The molecule has 0 spiro atoms. The molecule has 170 valence electrons. The summed E-state index contributed by atoms with van der Waals surface area (Å²) < 4.78 is 56.2. The molecule has 0 heterocycles. The maximum absolute atomic E-state index is 14.2. The van der Waals surface area contributed by atoms with E-state index in [0.717, 1.165) is 30.4 Å². The van der Waals surface area contributed by atoms with Crippen LogP contribution in [-0.4, -0.2) is 11.8 Å². The Morgan fingerprint density at radius 3 is 1.97 bits per heavy atom. The molecule has 3 aliphatic carbocycles. The number of halogens is 4. The van der Waals surface area contributed by atoms with Crippen LogP contribution >= 0.6 is 0 Å². The standard InChI is InChI=1S/C27H34F4/c1-19-7-17-25(27(30,31)26(19,28)29)18-10-20-8-11-22(12-9-20)24-15-13-23(14-16-24)21-5-3-2-4-6-21/h7-9,11-12,17,21,23-24H,2-6,10,13-16,18H2,1H3. The molecule has 0 aliphatic heterocycles. The summed E-state index contributed by atoms with van der Waals surface area (Å²) in [5, 5.41) is 0. The first-order valence-corrected chi connectivity index (χ1v) is 12.0. The van der Waals surface area contributed by atoms with E-state index < -0.39 is 23.0 Å². The number of hydrogen-bond donors (Lipinski definition) is 0. The van der Waals surface area contributed by atoms with E-state index in [0.29, 0.717) is 12.3 Å². The second kappa shape index (κ2) is 9.11. The molecule has 3 aliphatic rings. The van der Waals surface area contributed by atoms with Crippen molar-refractivity contribution in [2.45, 2.75) is 95.3 Å². The van der Waals surface area contributed by atoms with Crippen LogP contribution in [0, 0.1) is 11.8 Å². The van der Waals surface area contributed by atoms with Crippen molar-refractivity contribution in [3.8, 4) is 0 Å². The van der Waals surface area contributed by atoms with Gasteiger partial charge in [0.05, 0.1) is 0 Å². The number of allylic oxidation sites excluding steroid dienone is 4. The van der Waals surface area contributed by atoms with E-state index in [-0.39, 0.29) is 6.42 Å². The molecule has 2 saturated carbocycles. The molecule has 1 aromatic carbocycles. The van der Waals surface area contributed by atoms with E-state index in [4.69, 9.17) is 0 Å². The molecule has 0 saturated heterocycles. The maximum atomic E-state index is 14.2. The molecule has 1 aromatic rings. The van der Waals surface area contributed by atoms with Crippen molar-refractivity contribution in [2.24, 2.45) is 11.8 Å². The van der Waals surface area contributed by atoms with Gasteiger partial charge in [-0.05, 0) is 74.3 Å². The zero-order valence-corrected chi connectivity index (χ0v) is 18.5. The van der Waals surface area contributed by atoms with Gasteiger partial charge in [0.1, 0.15) is 0 Å². The van der Waals surface area contributed by atoms with E-state index in [2.05, 4.69) is 12.1 Å². The van der Waals surface area contributed by atoms with E-state index >= 15 is 0 Å². The van der Waals surface area contributed by atoms with Crippen LogP contribution in [0.5, 0.6) is 0 Å². The minimum atomic E-state index is -4.11. The molecule has 0 amide bonds. The maximum Gasteiger partial charge on any atom is 0.335 e. The van der Waals surface area contributed by atoms with Crippen LogP contribution in [0.3, 0.4) is 0 Å². The quantitative estimate of drug-likeness (QED) is 0.407. The molecule has 0 radical (unpaired) electrons. The number of benzene rings is 1. The second-order valence-electron chi connectivity index (χ2n) is 9.94. The molecule has 0 N–H and O–H groups in total.